The maximum absolute atomic E-state index is 13.0. The Kier molecular flexibility index (Phi) is 4.20. The molecule has 0 bridgehead atoms. The second-order valence-electron chi connectivity index (χ2n) is 5.07. The molecule has 0 heterocycles. The second kappa shape index (κ2) is 5.58. The summed E-state index contributed by atoms with van der Waals surface area (Å²) in [4.78, 5) is 23.0. The number of halogens is 3. The Morgan fingerprint density at radius 2 is 1.85 bits per heavy atom. The monoisotopic (exact) mass is 318 g/mol. The van der Waals surface area contributed by atoms with Gasteiger partial charge in [-0.1, -0.05) is 23.2 Å². The van der Waals surface area contributed by atoms with Gasteiger partial charge in [-0.3, -0.25) is 9.59 Å². The van der Waals surface area contributed by atoms with Crippen LogP contribution in [0.15, 0.2) is 12.1 Å². The van der Waals surface area contributed by atoms with Crippen LogP contribution in [0.5, 0.6) is 0 Å². The Hall–Kier alpha value is -1.33. The van der Waals surface area contributed by atoms with Gasteiger partial charge in [0.15, 0.2) is 0 Å². The van der Waals surface area contributed by atoms with Gasteiger partial charge < -0.3 is 11.1 Å². The normalized spacial score (nSPS) is 15.8. The van der Waals surface area contributed by atoms with E-state index in [1.165, 1.54) is 0 Å². The van der Waals surface area contributed by atoms with Crippen molar-refractivity contribution in [3.63, 3.8) is 0 Å². The van der Waals surface area contributed by atoms with E-state index >= 15 is 0 Å². The summed E-state index contributed by atoms with van der Waals surface area (Å²) < 4.78 is 13.0. The summed E-state index contributed by atoms with van der Waals surface area (Å²) >= 11 is 11.6. The topological polar surface area (TPSA) is 72.2 Å². The Balaban J connectivity index is 2.05. The van der Waals surface area contributed by atoms with Gasteiger partial charge in [0.2, 0.25) is 5.91 Å². The lowest BCUT2D eigenvalue weighted by Gasteiger charge is -2.15. The lowest BCUT2D eigenvalue weighted by atomic mass is 10.0. The van der Waals surface area contributed by atoms with Crippen molar-refractivity contribution in [2.45, 2.75) is 19.3 Å². The lowest BCUT2D eigenvalue weighted by Crippen LogP contribution is -2.32. The molecule has 1 aromatic carbocycles. The fraction of sp³-hybridized carbons (Fsp3) is 0.385. The zero-order chi connectivity index (χ0) is 14.9. The first kappa shape index (κ1) is 15.1. The van der Waals surface area contributed by atoms with Gasteiger partial charge in [-0.2, -0.15) is 0 Å². The fourth-order valence-corrected chi connectivity index (χ4v) is 2.71. The van der Waals surface area contributed by atoms with Crippen molar-refractivity contribution < 1.29 is 14.0 Å². The Bertz CT molecular complexity index is 550. The minimum atomic E-state index is -0.607. The number of rotatable bonds is 5. The van der Waals surface area contributed by atoms with Gasteiger partial charge >= 0.3 is 0 Å². The van der Waals surface area contributed by atoms with Gasteiger partial charge in [0.25, 0.3) is 5.91 Å². The van der Waals surface area contributed by atoms with Crippen molar-refractivity contribution in [1.29, 1.82) is 0 Å². The zero-order valence-corrected chi connectivity index (χ0v) is 12.0. The predicted molar refractivity (Wildman–Crippen MR) is 74.2 cm³/mol. The standard InChI is InChI=1S/C13H13Cl2FN2O2/c14-8-3-7(16)4-9(15)11(8)12(20)18-6-13(1-2-13)5-10(17)19/h3-4H,1-2,5-6H2,(H2,17,19)(H,18,20). The van der Waals surface area contributed by atoms with Crippen molar-refractivity contribution >= 4 is 35.0 Å². The highest BCUT2D eigenvalue weighted by Crippen LogP contribution is 2.48. The highest BCUT2D eigenvalue weighted by molar-refractivity contribution is 6.39. The molecule has 0 unspecified atom stereocenters. The maximum Gasteiger partial charge on any atom is 0.254 e. The molecule has 20 heavy (non-hydrogen) atoms. The first-order chi connectivity index (χ1) is 9.33. The third-order valence-electron chi connectivity index (χ3n) is 3.36. The summed E-state index contributed by atoms with van der Waals surface area (Å²) in [6.07, 6.45) is 1.90. The molecular formula is C13H13Cl2FN2O2. The molecule has 0 radical (unpaired) electrons. The van der Waals surface area contributed by atoms with Crippen LogP contribution >= 0.6 is 23.2 Å². The van der Waals surface area contributed by atoms with E-state index in [-0.39, 0.29) is 27.4 Å². The third-order valence-corrected chi connectivity index (χ3v) is 3.96. The van der Waals surface area contributed by atoms with E-state index in [1.54, 1.807) is 0 Å². The van der Waals surface area contributed by atoms with Crippen LogP contribution < -0.4 is 11.1 Å². The number of carbonyl (C=O) groups is 2. The van der Waals surface area contributed by atoms with E-state index < -0.39 is 17.6 Å². The summed E-state index contributed by atoms with van der Waals surface area (Å²) in [5.74, 6) is -1.49. The van der Waals surface area contributed by atoms with Crippen LogP contribution in [0.1, 0.15) is 29.6 Å². The number of benzene rings is 1. The molecule has 3 N–H and O–H groups in total. The van der Waals surface area contributed by atoms with Crippen LogP contribution in [-0.2, 0) is 4.79 Å². The van der Waals surface area contributed by atoms with Gasteiger partial charge in [-0.25, -0.2) is 4.39 Å². The molecule has 0 saturated heterocycles. The number of hydrogen-bond donors (Lipinski definition) is 2. The van der Waals surface area contributed by atoms with Crippen molar-refractivity contribution in [3.8, 4) is 0 Å². The summed E-state index contributed by atoms with van der Waals surface area (Å²) in [6, 6.07) is 2.05. The predicted octanol–water partition coefficient (Wildman–Crippen LogP) is 2.52. The summed E-state index contributed by atoms with van der Waals surface area (Å²) in [7, 11) is 0. The van der Waals surface area contributed by atoms with Gasteiger partial charge in [0.05, 0.1) is 15.6 Å². The smallest absolute Gasteiger partial charge is 0.254 e. The minimum Gasteiger partial charge on any atom is -0.370 e. The van der Waals surface area contributed by atoms with E-state index in [4.69, 9.17) is 28.9 Å². The highest BCUT2D eigenvalue weighted by Gasteiger charge is 2.44. The molecule has 7 heteroatoms. The van der Waals surface area contributed by atoms with Gasteiger partial charge in [-0.05, 0) is 30.4 Å². The molecule has 0 atom stereocenters. The van der Waals surface area contributed by atoms with Crippen LogP contribution in [-0.4, -0.2) is 18.4 Å². The first-order valence-corrected chi connectivity index (χ1v) is 6.80. The fourth-order valence-electron chi connectivity index (χ4n) is 2.08. The number of amides is 2. The highest BCUT2D eigenvalue weighted by atomic mass is 35.5. The zero-order valence-electron chi connectivity index (χ0n) is 10.5. The molecule has 1 aromatic rings. The van der Waals surface area contributed by atoms with Crippen LogP contribution in [0.2, 0.25) is 10.0 Å². The summed E-state index contributed by atoms with van der Waals surface area (Å²) in [6.45, 7) is 0.318. The lowest BCUT2D eigenvalue weighted by molar-refractivity contribution is -0.119. The van der Waals surface area contributed by atoms with Gasteiger partial charge in [0, 0.05) is 13.0 Å². The molecule has 0 aliphatic heterocycles. The molecule has 0 spiro atoms. The molecule has 2 rings (SSSR count). The molecule has 108 valence electrons. The van der Waals surface area contributed by atoms with Gasteiger partial charge in [0.1, 0.15) is 5.82 Å². The van der Waals surface area contributed by atoms with E-state index in [0.717, 1.165) is 25.0 Å². The van der Waals surface area contributed by atoms with Crippen LogP contribution in [0.4, 0.5) is 4.39 Å². The van der Waals surface area contributed by atoms with Gasteiger partial charge in [-0.15, -0.1) is 0 Å². The number of hydrogen-bond acceptors (Lipinski definition) is 2. The average Bonchev–Trinajstić information content (AvgIpc) is 3.04. The molecule has 4 nitrogen and oxygen atoms in total. The van der Waals surface area contributed by atoms with E-state index in [9.17, 15) is 14.0 Å². The van der Waals surface area contributed by atoms with Crippen LogP contribution in [0.3, 0.4) is 0 Å². The van der Waals surface area contributed by atoms with Crippen LogP contribution in [0, 0.1) is 11.2 Å². The van der Waals surface area contributed by atoms with Crippen molar-refractivity contribution in [3.05, 3.63) is 33.6 Å². The SMILES string of the molecule is NC(=O)CC1(CNC(=O)c2c(Cl)cc(F)cc2Cl)CC1. The number of nitrogens with one attached hydrogen (secondary N) is 1. The molecule has 1 aliphatic rings. The first-order valence-electron chi connectivity index (χ1n) is 6.04. The average molecular weight is 319 g/mol. The molecular weight excluding hydrogens is 306 g/mol. The van der Waals surface area contributed by atoms with Crippen molar-refractivity contribution in [1.82, 2.24) is 5.32 Å². The third kappa shape index (κ3) is 3.41. The minimum absolute atomic E-state index is 0.0320. The Morgan fingerprint density at radius 1 is 1.30 bits per heavy atom. The molecule has 0 aromatic heterocycles. The quantitative estimate of drug-likeness (QED) is 0.875. The van der Waals surface area contributed by atoms with Crippen molar-refractivity contribution in [2.75, 3.05) is 6.54 Å². The summed E-state index contributed by atoms with van der Waals surface area (Å²) in [5, 5.41) is 2.57. The van der Waals surface area contributed by atoms with E-state index in [1.807, 2.05) is 0 Å². The Labute approximate surface area is 125 Å². The van der Waals surface area contributed by atoms with E-state index in [2.05, 4.69) is 5.32 Å². The number of carbonyl (C=O) groups excluding carboxylic acids is 2. The molecule has 1 aliphatic carbocycles. The number of primary amides is 1. The Morgan fingerprint density at radius 3 is 2.30 bits per heavy atom. The molecule has 1 saturated carbocycles. The number of nitrogens with two attached hydrogens (primary N) is 1. The molecule has 2 amide bonds. The van der Waals surface area contributed by atoms with Crippen LogP contribution in [0.25, 0.3) is 0 Å². The second-order valence-corrected chi connectivity index (χ2v) is 5.88. The maximum atomic E-state index is 13.0. The largest absolute Gasteiger partial charge is 0.370 e. The molecule has 1 fully saturated rings. The van der Waals surface area contributed by atoms with Crippen molar-refractivity contribution in [2.24, 2.45) is 11.1 Å². The van der Waals surface area contributed by atoms with E-state index in [0.29, 0.717) is 6.54 Å². The summed E-state index contributed by atoms with van der Waals surface area (Å²) in [5.41, 5.74) is 4.95.